The van der Waals surface area contributed by atoms with Gasteiger partial charge in [-0.15, -0.1) is 10.2 Å². The molecule has 3 heterocycles. The van der Waals surface area contributed by atoms with E-state index in [0.717, 1.165) is 39.3 Å². The third-order valence-electron chi connectivity index (χ3n) is 6.58. The molecule has 7 heteroatoms. The molecule has 0 N–H and O–H groups in total. The number of ether oxygens (including phenoxy) is 1. The quantitative estimate of drug-likeness (QED) is 0.311. The Morgan fingerprint density at radius 2 is 1.53 bits per heavy atom. The van der Waals surface area contributed by atoms with E-state index in [1.165, 1.54) is 32.1 Å². The molecule has 1 fully saturated rings. The van der Waals surface area contributed by atoms with Gasteiger partial charge < -0.3 is 13.7 Å². The summed E-state index contributed by atoms with van der Waals surface area (Å²) in [4.78, 5) is 9.25. The summed E-state index contributed by atoms with van der Waals surface area (Å²) < 4.78 is 13.7. The van der Waals surface area contributed by atoms with Gasteiger partial charge in [0.25, 0.3) is 0 Å². The summed E-state index contributed by atoms with van der Waals surface area (Å²) in [5, 5.41) is 8.55. The summed E-state index contributed by atoms with van der Waals surface area (Å²) in [6, 6.07) is 18.3. The molecule has 0 aliphatic heterocycles. The first-order chi connectivity index (χ1) is 16.8. The predicted molar refractivity (Wildman–Crippen MR) is 130 cm³/mol. The average Bonchev–Trinajstić information content (AvgIpc) is 3.55. The van der Waals surface area contributed by atoms with Crippen LogP contribution in [0.1, 0.15) is 38.1 Å². The van der Waals surface area contributed by atoms with Crippen molar-refractivity contribution >= 4 is 11.0 Å². The lowest BCUT2D eigenvalue weighted by molar-refractivity contribution is 0.362. The van der Waals surface area contributed by atoms with E-state index in [2.05, 4.69) is 25.8 Å². The average molecular weight is 452 g/mol. The summed E-state index contributed by atoms with van der Waals surface area (Å²) in [6.45, 7) is 0. The maximum absolute atomic E-state index is 6.01. The molecule has 1 aliphatic carbocycles. The number of imidazole rings is 1. The number of pyridine rings is 1. The number of methoxy groups -OCH3 is 1. The Kier molecular flexibility index (Phi) is 5.30. The standard InChI is InChI=1S/C27H25N5O2/c1-33-22-10-7-19(8-11-22)26-30-31-27(34-26)20-9-12-24-23(17-20)29-25(18-13-15-28-16-14-18)32(24)21-5-3-2-4-6-21/h7-17,21H,2-6H2,1H3. The van der Waals surface area contributed by atoms with Crippen LogP contribution in [-0.4, -0.2) is 31.8 Å². The van der Waals surface area contributed by atoms with Crippen molar-refractivity contribution in [3.63, 3.8) is 0 Å². The van der Waals surface area contributed by atoms with Crippen molar-refractivity contribution in [2.75, 3.05) is 7.11 Å². The molecule has 0 atom stereocenters. The number of hydrogen-bond donors (Lipinski definition) is 0. The van der Waals surface area contributed by atoms with Crippen LogP contribution in [0.3, 0.4) is 0 Å². The van der Waals surface area contributed by atoms with E-state index in [4.69, 9.17) is 14.1 Å². The minimum absolute atomic E-state index is 0.456. The maximum Gasteiger partial charge on any atom is 0.248 e. The van der Waals surface area contributed by atoms with Gasteiger partial charge >= 0.3 is 0 Å². The maximum atomic E-state index is 6.01. The highest BCUT2D eigenvalue weighted by Gasteiger charge is 2.23. The molecule has 0 unspecified atom stereocenters. The number of fused-ring (bicyclic) bond motifs is 1. The summed E-state index contributed by atoms with van der Waals surface area (Å²) in [6.07, 6.45) is 9.84. The van der Waals surface area contributed by atoms with Crippen molar-refractivity contribution in [3.05, 3.63) is 67.0 Å². The highest BCUT2D eigenvalue weighted by Crippen LogP contribution is 2.37. The lowest BCUT2D eigenvalue weighted by atomic mass is 9.95. The lowest BCUT2D eigenvalue weighted by Gasteiger charge is -2.25. The van der Waals surface area contributed by atoms with Crippen LogP contribution < -0.4 is 4.74 Å². The smallest absolute Gasteiger partial charge is 0.248 e. The number of benzene rings is 2. The first-order valence-electron chi connectivity index (χ1n) is 11.7. The molecule has 0 saturated heterocycles. The van der Waals surface area contributed by atoms with Crippen LogP contribution in [0.5, 0.6) is 5.75 Å². The summed E-state index contributed by atoms with van der Waals surface area (Å²) >= 11 is 0. The van der Waals surface area contributed by atoms with Crippen LogP contribution >= 0.6 is 0 Å². The summed E-state index contributed by atoms with van der Waals surface area (Å²) in [5.74, 6) is 2.73. The van der Waals surface area contributed by atoms with E-state index < -0.39 is 0 Å². The van der Waals surface area contributed by atoms with Crippen LogP contribution in [0.15, 0.2) is 71.4 Å². The Bertz CT molecular complexity index is 1420. The second-order valence-electron chi connectivity index (χ2n) is 8.68. The second kappa shape index (κ2) is 8.74. The number of rotatable bonds is 5. The largest absolute Gasteiger partial charge is 0.497 e. The van der Waals surface area contributed by atoms with Gasteiger partial charge in [0.15, 0.2) is 0 Å². The molecular formula is C27H25N5O2. The summed E-state index contributed by atoms with van der Waals surface area (Å²) in [7, 11) is 1.64. The number of nitrogens with zero attached hydrogens (tertiary/aromatic N) is 5. The Morgan fingerprint density at radius 1 is 0.824 bits per heavy atom. The van der Waals surface area contributed by atoms with Gasteiger partial charge in [-0.1, -0.05) is 19.3 Å². The van der Waals surface area contributed by atoms with Crippen molar-refractivity contribution in [1.82, 2.24) is 24.7 Å². The minimum atomic E-state index is 0.456. The topological polar surface area (TPSA) is 78.9 Å². The lowest BCUT2D eigenvalue weighted by Crippen LogP contribution is -2.13. The van der Waals surface area contributed by atoms with E-state index >= 15 is 0 Å². The van der Waals surface area contributed by atoms with Crippen molar-refractivity contribution in [2.45, 2.75) is 38.1 Å². The van der Waals surface area contributed by atoms with Crippen LogP contribution in [0.4, 0.5) is 0 Å². The fraction of sp³-hybridized carbons (Fsp3) is 0.259. The Morgan fingerprint density at radius 3 is 2.26 bits per heavy atom. The molecular weight excluding hydrogens is 426 g/mol. The van der Waals surface area contributed by atoms with Crippen molar-refractivity contribution in [1.29, 1.82) is 0 Å². The van der Waals surface area contributed by atoms with Gasteiger partial charge in [-0.3, -0.25) is 4.98 Å². The monoisotopic (exact) mass is 451 g/mol. The van der Waals surface area contributed by atoms with Crippen molar-refractivity contribution in [3.8, 4) is 40.0 Å². The molecule has 1 saturated carbocycles. The third-order valence-corrected chi connectivity index (χ3v) is 6.58. The first-order valence-corrected chi connectivity index (χ1v) is 11.7. The van der Waals surface area contributed by atoms with Crippen molar-refractivity contribution < 1.29 is 9.15 Å². The van der Waals surface area contributed by atoms with Crippen molar-refractivity contribution in [2.24, 2.45) is 0 Å². The zero-order valence-electron chi connectivity index (χ0n) is 19.0. The van der Waals surface area contributed by atoms with Gasteiger partial charge in [-0.25, -0.2) is 4.98 Å². The van der Waals surface area contributed by atoms with Crippen LogP contribution in [0.25, 0.3) is 45.3 Å². The number of hydrogen-bond acceptors (Lipinski definition) is 6. The Hall–Kier alpha value is -4.00. The predicted octanol–water partition coefficient (Wildman–Crippen LogP) is 6.33. The molecule has 170 valence electrons. The third kappa shape index (κ3) is 3.73. The first kappa shape index (κ1) is 20.6. The fourth-order valence-electron chi connectivity index (χ4n) is 4.84. The van der Waals surface area contributed by atoms with E-state index in [9.17, 15) is 0 Å². The zero-order valence-corrected chi connectivity index (χ0v) is 19.0. The van der Waals surface area contributed by atoms with Gasteiger partial charge in [-0.2, -0.15) is 0 Å². The molecule has 2 aromatic carbocycles. The molecule has 0 radical (unpaired) electrons. The van der Waals surface area contributed by atoms with Gasteiger partial charge in [0.05, 0.1) is 18.1 Å². The molecule has 3 aromatic heterocycles. The Labute approximate surface area is 197 Å². The molecule has 0 amide bonds. The number of aromatic nitrogens is 5. The highest BCUT2D eigenvalue weighted by atomic mass is 16.5. The van der Waals surface area contributed by atoms with E-state index in [1.807, 2.05) is 60.9 Å². The molecule has 0 bridgehead atoms. The summed E-state index contributed by atoms with van der Waals surface area (Å²) in [5.41, 5.74) is 4.85. The molecule has 5 aromatic rings. The molecule has 1 aliphatic rings. The highest BCUT2D eigenvalue weighted by molar-refractivity contribution is 5.84. The molecule has 6 rings (SSSR count). The van der Waals surface area contributed by atoms with Gasteiger partial charge in [0, 0.05) is 35.1 Å². The normalized spacial score (nSPS) is 14.5. The van der Waals surface area contributed by atoms with E-state index in [-0.39, 0.29) is 0 Å². The molecule has 34 heavy (non-hydrogen) atoms. The van der Waals surface area contributed by atoms with Crippen LogP contribution in [0.2, 0.25) is 0 Å². The molecule has 7 nitrogen and oxygen atoms in total. The van der Waals surface area contributed by atoms with E-state index in [0.29, 0.717) is 17.8 Å². The second-order valence-corrected chi connectivity index (χ2v) is 8.68. The van der Waals surface area contributed by atoms with Crippen LogP contribution in [0, 0.1) is 0 Å². The minimum Gasteiger partial charge on any atom is -0.497 e. The van der Waals surface area contributed by atoms with Gasteiger partial charge in [0.1, 0.15) is 11.6 Å². The SMILES string of the molecule is COc1ccc(-c2nnc(-c3ccc4c(c3)nc(-c3ccncc3)n4C3CCCCC3)o2)cc1. The fourth-order valence-corrected chi connectivity index (χ4v) is 4.84. The van der Waals surface area contributed by atoms with Crippen LogP contribution in [-0.2, 0) is 0 Å². The Balaban J connectivity index is 1.40. The van der Waals surface area contributed by atoms with Gasteiger partial charge in [-0.05, 0) is 67.4 Å². The zero-order chi connectivity index (χ0) is 22.9. The van der Waals surface area contributed by atoms with Gasteiger partial charge in [0.2, 0.25) is 11.8 Å². The van der Waals surface area contributed by atoms with E-state index in [1.54, 1.807) is 7.11 Å². The molecule has 0 spiro atoms.